The van der Waals surface area contributed by atoms with Gasteiger partial charge in [-0.3, -0.25) is 4.90 Å². The van der Waals surface area contributed by atoms with Gasteiger partial charge in [0.2, 0.25) is 0 Å². The van der Waals surface area contributed by atoms with Crippen molar-refractivity contribution < 1.29 is 9.47 Å². The standard InChI is InChI=1S/C25H26ClN5O2S/c26-19-3-1-2-18(14-19)21-4-5-31(28-21)24-16-23(30-8-12-33-13-9-30)25-22(27-24)15-20(34-25)17-29-6-10-32-11-7-29/h1-5,14-16H,6-13,17H2. The van der Waals surface area contributed by atoms with Crippen molar-refractivity contribution in [2.75, 3.05) is 57.5 Å². The Morgan fingerprint density at radius 3 is 2.53 bits per heavy atom. The van der Waals surface area contributed by atoms with Crippen LogP contribution in [0.5, 0.6) is 0 Å². The lowest BCUT2D eigenvalue weighted by Gasteiger charge is -2.29. The first-order valence-corrected chi connectivity index (χ1v) is 12.8. The van der Waals surface area contributed by atoms with Gasteiger partial charge in [-0.05, 0) is 24.3 Å². The average molecular weight is 496 g/mol. The minimum Gasteiger partial charge on any atom is -0.379 e. The van der Waals surface area contributed by atoms with Crippen LogP contribution in [0, 0.1) is 0 Å². The van der Waals surface area contributed by atoms with Crippen LogP contribution in [0.25, 0.3) is 27.3 Å². The summed E-state index contributed by atoms with van der Waals surface area (Å²) < 4.78 is 14.2. The number of aromatic nitrogens is 3. The van der Waals surface area contributed by atoms with Crippen molar-refractivity contribution in [3.63, 3.8) is 0 Å². The molecule has 0 N–H and O–H groups in total. The Morgan fingerprint density at radius 2 is 1.74 bits per heavy atom. The molecule has 0 saturated carbocycles. The molecule has 1 aromatic carbocycles. The van der Waals surface area contributed by atoms with Gasteiger partial charge in [0.05, 0.1) is 48.0 Å². The topological polar surface area (TPSA) is 55.7 Å². The molecule has 0 radical (unpaired) electrons. The molecule has 0 spiro atoms. The van der Waals surface area contributed by atoms with Crippen LogP contribution in [-0.4, -0.2) is 72.3 Å². The summed E-state index contributed by atoms with van der Waals surface area (Å²) >= 11 is 8.04. The van der Waals surface area contributed by atoms with Crippen LogP contribution in [0.1, 0.15) is 4.88 Å². The van der Waals surface area contributed by atoms with E-state index >= 15 is 0 Å². The highest BCUT2D eigenvalue weighted by Gasteiger charge is 2.20. The number of hydrogen-bond donors (Lipinski definition) is 0. The largest absolute Gasteiger partial charge is 0.379 e. The first-order valence-electron chi connectivity index (χ1n) is 11.6. The smallest absolute Gasteiger partial charge is 0.156 e. The maximum Gasteiger partial charge on any atom is 0.156 e. The Labute approximate surface area is 207 Å². The predicted octanol–water partition coefficient (Wildman–Crippen LogP) is 4.47. The fourth-order valence-corrected chi connectivity index (χ4v) is 5.88. The van der Waals surface area contributed by atoms with E-state index in [-0.39, 0.29) is 0 Å². The van der Waals surface area contributed by atoms with Crippen molar-refractivity contribution in [2.45, 2.75) is 6.54 Å². The molecule has 2 aliphatic rings. The number of nitrogens with zero attached hydrogens (tertiary/aromatic N) is 5. The van der Waals surface area contributed by atoms with Gasteiger partial charge in [0.25, 0.3) is 0 Å². The molecule has 2 aliphatic heterocycles. The van der Waals surface area contributed by atoms with Crippen LogP contribution in [0.3, 0.4) is 0 Å². The van der Waals surface area contributed by atoms with E-state index in [2.05, 4.69) is 21.9 Å². The molecule has 0 aliphatic carbocycles. The number of anilines is 1. The van der Waals surface area contributed by atoms with E-state index in [9.17, 15) is 0 Å². The van der Waals surface area contributed by atoms with Crippen molar-refractivity contribution in [3.8, 4) is 17.1 Å². The van der Waals surface area contributed by atoms with E-state index in [1.807, 2.05) is 52.5 Å². The van der Waals surface area contributed by atoms with E-state index < -0.39 is 0 Å². The summed E-state index contributed by atoms with van der Waals surface area (Å²) in [6.07, 6.45) is 1.97. The normalized spacial score (nSPS) is 17.5. The number of rotatable bonds is 5. The highest BCUT2D eigenvalue weighted by Crippen LogP contribution is 2.36. The van der Waals surface area contributed by atoms with Gasteiger partial charge in [-0.25, -0.2) is 9.67 Å². The molecule has 0 unspecified atom stereocenters. The molecule has 2 saturated heterocycles. The predicted molar refractivity (Wildman–Crippen MR) is 136 cm³/mol. The zero-order valence-electron chi connectivity index (χ0n) is 18.8. The zero-order valence-corrected chi connectivity index (χ0v) is 20.4. The van der Waals surface area contributed by atoms with E-state index in [0.29, 0.717) is 5.02 Å². The molecule has 7 nitrogen and oxygen atoms in total. The molecule has 4 aromatic rings. The molecule has 176 valence electrons. The summed E-state index contributed by atoms with van der Waals surface area (Å²) in [5.41, 5.74) is 4.09. The SMILES string of the molecule is Clc1cccc(-c2ccn(-c3cc(N4CCOCC4)c4sc(CN5CCOCC5)cc4n3)n2)c1. The molecular weight excluding hydrogens is 470 g/mol. The molecule has 2 fully saturated rings. The number of thiophene rings is 1. The second kappa shape index (κ2) is 9.64. The summed E-state index contributed by atoms with van der Waals surface area (Å²) in [4.78, 5) is 11.2. The summed E-state index contributed by atoms with van der Waals surface area (Å²) in [6, 6.07) is 14.2. The fourth-order valence-electron chi connectivity index (χ4n) is 4.51. The van der Waals surface area contributed by atoms with E-state index in [1.54, 1.807) is 0 Å². The van der Waals surface area contributed by atoms with Crippen molar-refractivity contribution in [1.82, 2.24) is 19.7 Å². The van der Waals surface area contributed by atoms with Gasteiger partial charge in [-0.2, -0.15) is 5.10 Å². The zero-order chi connectivity index (χ0) is 22.9. The highest BCUT2D eigenvalue weighted by molar-refractivity contribution is 7.19. The van der Waals surface area contributed by atoms with Crippen LogP contribution in [0.4, 0.5) is 5.69 Å². The highest BCUT2D eigenvalue weighted by atomic mass is 35.5. The Bertz CT molecular complexity index is 1290. The minimum atomic E-state index is 0.701. The Balaban J connectivity index is 1.38. The van der Waals surface area contributed by atoms with E-state index in [4.69, 9.17) is 31.2 Å². The third kappa shape index (κ3) is 4.56. The monoisotopic (exact) mass is 495 g/mol. The molecular formula is C25H26ClN5O2S. The van der Waals surface area contributed by atoms with Crippen molar-refractivity contribution >= 4 is 38.8 Å². The summed E-state index contributed by atoms with van der Waals surface area (Å²) in [6.45, 7) is 7.73. The van der Waals surface area contributed by atoms with Crippen LogP contribution in [0.15, 0.2) is 48.7 Å². The van der Waals surface area contributed by atoms with Crippen LogP contribution < -0.4 is 4.90 Å². The van der Waals surface area contributed by atoms with E-state index in [0.717, 1.165) is 81.7 Å². The minimum absolute atomic E-state index is 0.701. The van der Waals surface area contributed by atoms with Gasteiger partial charge in [-0.15, -0.1) is 11.3 Å². The molecule has 0 bridgehead atoms. The lowest BCUT2D eigenvalue weighted by Crippen LogP contribution is -2.36. The summed E-state index contributed by atoms with van der Waals surface area (Å²) in [7, 11) is 0. The van der Waals surface area contributed by atoms with E-state index in [1.165, 1.54) is 15.3 Å². The number of pyridine rings is 1. The summed E-state index contributed by atoms with van der Waals surface area (Å²) in [5.74, 6) is 0.818. The number of fused-ring (bicyclic) bond motifs is 1. The van der Waals surface area contributed by atoms with Crippen LogP contribution >= 0.6 is 22.9 Å². The lowest BCUT2D eigenvalue weighted by atomic mass is 10.2. The van der Waals surface area contributed by atoms with Gasteiger partial charge < -0.3 is 14.4 Å². The lowest BCUT2D eigenvalue weighted by molar-refractivity contribution is 0.0346. The van der Waals surface area contributed by atoms with Crippen LogP contribution in [0.2, 0.25) is 5.02 Å². The number of benzene rings is 1. The first-order chi connectivity index (χ1) is 16.7. The van der Waals surface area contributed by atoms with Gasteiger partial charge >= 0.3 is 0 Å². The maximum atomic E-state index is 6.19. The number of ether oxygens (including phenoxy) is 2. The number of hydrogen-bond acceptors (Lipinski definition) is 7. The van der Waals surface area contributed by atoms with Crippen molar-refractivity contribution in [2.24, 2.45) is 0 Å². The average Bonchev–Trinajstić information content (AvgIpc) is 3.52. The molecule has 6 rings (SSSR count). The van der Waals surface area contributed by atoms with Gasteiger partial charge in [0, 0.05) is 60.5 Å². The fraction of sp³-hybridized carbons (Fsp3) is 0.360. The maximum absolute atomic E-state index is 6.19. The quantitative estimate of drug-likeness (QED) is 0.407. The third-order valence-corrected chi connectivity index (χ3v) is 7.64. The molecule has 0 atom stereocenters. The van der Waals surface area contributed by atoms with Crippen LogP contribution in [-0.2, 0) is 16.0 Å². The first kappa shape index (κ1) is 22.0. The molecule has 9 heteroatoms. The molecule has 0 amide bonds. The van der Waals surface area contributed by atoms with Crippen molar-refractivity contribution in [3.05, 3.63) is 58.6 Å². The van der Waals surface area contributed by atoms with Crippen molar-refractivity contribution in [1.29, 1.82) is 0 Å². The number of morpholine rings is 2. The summed E-state index contributed by atoms with van der Waals surface area (Å²) in [5, 5.41) is 5.52. The Kier molecular flexibility index (Phi) is 6.24. The second-order valence-corrected chi connectivity index (χ2v) is 10.1. The molecule has 34 heavy (non-hydrogen) atoms. The number of halogens is 1. The van der Waals surface area contributed by atoms with Gasteiger partial charge in [0.15, 0.2) is 5.82 Å². The van der Waals surface area contributed by atoms with Gasteiger partial charge in [0.1, 0.15) is 0 Å². The molecule has 3 aromatic heterocycles. The Hall–Kier alpha value is -2.49. The molecule has 5 heterocycles. The van der Waals surface area contributed by atoms with Gasteiger partial charge in [-0.1, -0.05) is 23.7 Å². The Morgan fingerprint density at radius 1 is 0.941 bits per heavy atom. The second-order valence-electron chi connectivity index (χ2n) is 8.57. The third-order valence-electron chi connectivity index (χ3n) is 6.28.